The highest BCUT2D eigenvalue weighted by Gasteiger charge is 2.26. The van der Waals surface area contributed by atoms with Crippen LogP contribution in [0, 0.1) is 5.82 Å². The number of benzene rings is 2. The van der Waals surface area contributed by atoms with Crippen LogP contribution in [0.1, 0.15) is 37.2 Å². The maximum atomic E-state index is 13.8. The summed E-state index contributed by atoms with van der Waals surface area (Å²) in [5.41, 5.74) is 2.65. The van der Waals surface area contributed by atoms with Gasteiger partial charge in [-0.05, 0) is 31.0 Å². The van der Waals surface area contributed by atoms with Crippen molar-refractivity contribution in [3.05, 3.63) is 59.7 Å². The largest absolute Gasteiger partial charge is 0.496 e. The molecule has 0 aliphatic carbocycles. The first-order valence-electron chi connectivity index (χ1n) is 9.60. The molecule has 146 valence electrons. The van der Waals surface area contributed by atoms with Crippen molar-refractivity contribution in [2.24, 2.45) is 0 Å². The normalized spacial score (nSPS) is 15.2. The van der Waals surface area contributed by atoms with E-state index in [2.05, 4.69) is 4.57 Å². The Morgan fingerprint density at radius 3 is 2.68 bits per heavy atom. The molecule has 0 N–H and O–H groups in total. The molecule has 28 heavy (non-hydrogen) atoms. The minimum atomic E-state index is -0.285. The molecule has 0 atom stereocenters. The van der Waals surface area contributed by atoms with E-state index in [1.54, 1.807) is 20.1 Å². The fourth-order valence-corrected chi connectivity index (χ4v) is 4.11. The van der Waals surface area contributed by atoms with Gasteiger partial charge in [0.05, 0.1) is 18.1 Å². The quantitative estimate of drug-likeness (QED) is 0.687. The lowest BCUT2D eigenvalue weighted by atomic mass is 10.0. The van der Waals surface area contributed by atoms with Gasteiger partial charge in [0.25, 0.3) is 0 Å². The zero-order chi connectivity index (χ0) is 19.7. The van der Waals surface area contributed by atoms with Crippen LogP contribution in [0.15, 0.2) is 42.5 Å². The van der Waals surface area contributed by atoms with Gasteiger partial charge in [-0.2, -0.15) is 0 Å². The van der Waals surface area contributed by atoms with E-state index in [0.29, 0.717) is 11.9 Å². The third-order valence-corrected chi connectivity index (χ3v) is 5.54. The van der Waals surface area contributed by atoms with Gasteiger partial charge in [0.2, 0.25) is 5.91 Å². The first kappa shape index (κ1) is 18.5. The van der Waals surface area contributed by atoms with Crippen LogP contribution in [0.5, 0.6) is 5.75 Å². The van der Waals surface area contributed by atoms with Crippen molar-refractivity contribution in [3.8, 4) is 5.75 Å². The van der Waals surface area contributed by atoms with Gasteiger partial charge >= 0.3 is 0 Å². The number of hydrogen-bond donors (Lipinski definition) is 0. The maximum absolute atomic E-state index is 13.8. The fraction of sp³-hybridized carbons (Fsp3) is 0.364. The second kappa shape index (κ2) is 7.62. The molecule has 2 aromatic carbocycles. The van der Waals surface area contributed by atoms with Gasteiger partial charge in [-0.25, -0.2) is 9.37 Å². The minimum Gasteiger partial charge on any atom is -0.496 e. The van der Waals surface area contributed by atoms with Crippen LogP contribution < -0.4 is 4.74 Å². The number of hydrogen-bond acceptors (Lipinski definition) is 3. The molecule has 0 spiro atoms. The molecule has 1 aliphatic rings. The van der Waals surface area contributed by atoms with Crippen molar-refractivity contribution in [1.29, 1.82) is 0 Å². The molecule has 1 saturated heterocycles. The number of nitrogens with zero attached hydrogens (tertiary/aromatic N) is 3. The number of ether oxygens (including phenoxy) is 1. The van der Waals surface area contributed by atoms with Gasteiger partial charge < -0.3 is 14.2 Å². The average molecular weight is 381 g/mol. The Morgan fingerprint density at radius 2 is 1.96 bits per heavy atom. The number of likely N-dealkylation sites (tertiary alicyclic amines) is 1. The van der Waals surface area contributed by atoms with Crippen LogP contribution in [0.3, 0.4) is 0 Å². The third kappa shape index (κ3) is 3.46. The van der Waals surface area contributed by atoms with E-state index >= 15 is 0 Å². The van der Waals surface area contributed by atoms with Crippen LogP contribution in [0.4, 0.5) is 4.39 Å². The predicted octanol–water partition coefficient (Wildman–Crippen LogP) is 3.96. The number of methoxy groups -OCH3 is 1. The van der Waals surface area contributed by atoms with E-state index in [4.69, 9.17) is 9.72 Å². The van der Waals surface area contributed by atoms with E-state index in [1.807, 2.05) is 29.2 Å². The molecule has 1 fully saturated rings. The van der Waals surface area contributed by atoms with E-state index in [0.717, 1.165) is 48.6 Å². The highest BCUT2D eigenvalue weighted by atomic mass is 19.1. The van der Waals surface area contributed by atoms with Crippen molar-refractivity contribution in [3.63, 3.8) is 0 Å². The van der Waals surface area contributed by atoms with Crippen molar-refractivity contribution >= 4 is 16.9 Å². The van der Waals surface area contributed by atoms with Crippen LogP contribution in [-0.2, 0) is 11.2 Å². The zero-order valence-corrected chi connectivity index (χ0v) is 16.2. The molecule has 0 unspecified atom stereocenters. The van der Waals surface area contributed by atoms with Crippen molar-refractivity contribution in [2.75, 3.05) is 20.2 Å². The number of carbonyl (C=O) groups is 1. The van der Waals surface area contributed by atoms with E-state index in [9.17, 15) is 9.18 Å². The van der Waals surface area contributed by atoms with Crippen LogP contribution in [-0.4, -0.2) is 40.6 Å². The van der Waals surface area contributed by atoms with E-state index in [-0.39, 0.29) is 17.8 Å². The Morgan fingerprint density at radius 1 is 1.21 bits per heavy atom. The summed E-state index contributed by atoms with van der Waals surface area (Å²) in [5, 5.41) is 0. The Balaban J connectivity index is 1.73. The van der Waals surface area contributed by atoms with Crippen molar-refractivity contribution in [1.82, 2.24) is 14.5 Å². The van der Waals surface area contributed by atoms with Gasteiger partial charge in [-0.1, -0.05) is 18.2 Å². The molecule has 2 heterocycles. The first-order chi connectivity index (χ1) is 13.6. The molecule has 0 saturated carbocycles. The Labute approximate surface area is 163 Å². The lowest BCUT2D eigenvalue weighted by Gasteiger charge is -2.33. The highest BCUT2D eigenvalue weighted by molar-refractivity contribution is 5.76. The minimum absolute atomic E-state index is 0.116. The Bertz CT molecular complexity index is 1010. The van der Waals surface area contributed by atoms with Gasteiger partial charge in [-0.15, -0.1) is 0 Å². The smallest absolute Gasteiger partial charge is 0.219 e. The summed E-state index contributed by atoms with van der Waals surface area (Å²) >= 11 is 0. The molecule has 3 aromatic rings. The standard InChI is InChI=1S/C22H24FN3O2/c1-15(27)25-11-9-18(10-12-25)26-20-8-7-17(23)14-19(20)24-22(26)13-16-5-3-4-6-21(16)28-2/h3-8,14,18H,9-13H2,1-2H3. The number of amides is 1. The molecule has 4 rings (SSSR count). The van der Waals surface area contributed by atoms with E-state index in [1.165, 1.54) is 12.1 Å². The second-order valence-electron chi connectivity index (χ2n) is 7.26. The van der Waals surface area contributed by atoms with E-state index < -0.39 is 0 Å². The number of aromatic nitrogens is 2. The summed E-state index contributed by atoms with van der Waals surface area (Å²) in [6, 6.07) is 12.9. The fourth-order valence-electron chi connectivity index (χ4n) is 4.11. The Hall–Kier alpha value is -2.89. The summed E-state index contributed by atoms with van der Waals surface area (Å²) in [6.45, 7) is 3.08. The molecule has 1 amide bonds. The highest BCUT2D eigenvalue weighted by Crippen LogP contribution is 2.31. The molecule has 5 nitrogen and oxygen atoms in total. The average Bonchev–Trinajstić information content (AvgIpc) is 3.05. The predicted molar refractivity (Wildman–Crippen MR) is 106 cm³/mol. The van der Waals surface area contributed by atoms with Gasteiger partial charge in [0, 0.05) is 44.1 Å². The lowest BCUT2D eigenvalue weighted by Crippen LogP contribution is -2.38. The van der Waals surface area contributed by atoms with Crippen molar-refractivity contribution < 1.29 is 13.9 Å². The number of halogens is 1. The molecule has 0 radical (unpaired) electrons. The van der Waals surface area contributed by atoms with Crippen molar-refractivity contribution in [2.45, 2.75) is 32.2 Å². The summed E-state index contributed by atoms with van der Waals surface area (Å²) in [5.74, 6) is 1.54. The van der Waals surface area contributed by atoms with Crippen LogP contribution in [0.25, 0.3) is 11.0 Å². The number of imidazole rings is 1. The maximum Gasteiger partial charge on any atom is 0.219 e. The third-order valence-electron chi connectivity index (χ3n) is 5.54. The monoisotopic (exact) mass is 381 g/mol. The molecule has 1 aromatic heterocycles. The lowest BCUT2D eigenvalue weighted by molar-refractivity contribution is -0.130. The molecule has 6 heteroatoms. The molecule has 1 aliphatic heterocycles. The SMILES string of the molecule is COc1ccccc1Cc1nc2cc(F)ccc2n1C1CCN(C(C)=O)CC1. The van der Waals surface area contributed by atoms with Gasteiger partial charge in [0.15, 0.2) is 0 Å². The summed E-state index contributed by atoms with van der Waals surface area (Å²) in [4.78, 5) is 18.3. The van der Waals surface area contributed by atoms with Gasteiger partial charge in [-0.3, -0.25) is 4.79 Å². The number of rotatable bonds is 4. The topological polar surface area (TPSA) is 47.4 Å². The number of fused-ring (bicyclic) bond motifs is 1. The number of piperidine rings is 1. The molecular weight excluding hydrogens is 357 g/mol. The summed E-state index contributed by atoms with van der Waals surface area (Å²) in [7, 11) is 1.66. The summed E-state index contributed by atoms with van der Waals surface area (Å²) in [6.07, 6.45) is 2.33. The summed E-state index contributed by atoms with van der Waals surface area (Å²) < 4.78 is 21.5. The molecular formula is C22H24FN3O2. The number of para-hydroxylation sites is 1. The van der Waals surface area contributed by atoms with Crippen LogP contribution >= 0.6 is 0 Å². The number of carbonyl (C=O) groups excluding carboxylic acids is 1. The zero-order valence-electron chi connectivity index (χ0n) is 16.2. The van der Waals surface area contributed by atoms with Crippen LogP contribution in [0.2, 0.25) is 0 Å². The molecule has 0 bridgehead atoms. The Kier molecular flexibility index (Phi) is 5.03. The van der Waals surface area contributed by atoms with Gasteiger partial charge in [0.1, 0.15) is 17.4 Å². The first-order valence-corrected chi connectivity index (χ1v) is 9.60. The second-order valence-corrected chi connectivity index (χ2v) is 7.26.